The molecular formula is C17H25FN4O2. The van der Waals surface area contributed by atoms with E-state index in [1.54, 1.807) is 37.8 Å². The quantitative estimate of drug-likeness (QED) is 0.861. The molecule has 1 atom stereocenters. The fourth-order valence-electron chi connectivity index (χ4n) is 2.70. The molecule has 1 saturated heterocycles. The highest BCUT2D eigenvalue weighted by Gasteiger charge is 2.32. The first-order valence-electron chi connectivity index (χ1n) is 8.07. The summed E-state index contributed by atoms with van der Waals surface area (Å²) in [4.78, 5) is 28.2. The zero-order chi connectivity index (χ0) is 17.9. The van der Waals surface area contributed by atoms with Crippen LogP contribution in [0.2, 0.25) is 0 Å². The lowest BCUT2D eigenvalue weighted by molar-refractivity contribution is -0.138. The maximum Gasteiger partial charge on any atom is 0.242 e. The third kappa shape index (κ3) is 4.52. The van der Waals surface area contributed by atoms with Gasteiger partial charge < -0.3 is 16.0 Å². The number of anilines is 1. The SMILES string of the molecule is CC(C(=O)Nc1cccc(F)c1)N1CCN(C(=O)C(C)(C)N)CC1. The van der Waals surface area contributed by atoms with E-state index in [1.165, 1.54) is 12.1 Å². The van der Waals surface area contributed by atoms with Crippen LogP contribution in [0.4, 0.5) is 10.1 Å². The Bertz CT molecular complexity index is 607. The molecule has 2 amide bonds. The monoisotopic (exact) mass is 336 g/mol. The number of halogens is 1. The first kappa shape index (κ1) is 18.4. The van der Waals surface area contributed by atoms with Crippen LogP contribution in [0.15, 0.2) is 24.3 Å². The number of carbonyl (C=O) groups is 2. The van der Waals surface area contributed by atoms with E-state index in [4.69, 9.17) is 5.73 Å². The number of hydrogen-bond acceptors (Lipinski definition) is 4. The molecule has 1 unspecified atom stereocenters. The molecule has 1 aromatic carbocycles. The molecule has 1 aromatic rings. The maximum absolute atomic E-state index is 13.2. The molecule has 1 aliphatic rings. The Morgan fingerprint density at radius 1 is 1.25 bits per heavy atom. The molecule has 1 aliphatic heterocycles. The third-order valence-electron chi connectivity index (χ3n) is 4.17. The molecule has 0 spiro atoms. The number of piperazine rings is 1. The second-order valence-corrected chi connectivity index (χ2v) is 6.73. The van der Waals surface area contributed by atoms with Crippen LogP contribution in [-0.2, 0) is 9.59 Å². The summed E-state index contributed by atoms with van der Waals surface area (Å²) in [6.45, 7) is 7.46. The molecule has 0 saturated carbocycles. The van der Waals surface area contributed by atoms with E-state index in [0.717, 1.165) is 0 Å². The summed E-state index contributed by atoms with van der Waals surface area (Å²) in [7, 11) is 0. The first-order chi connectivity index (χ1) is 11.2. The van der Waals surface area contributed by atoms with Crippen LogP contribution in [-0.4, -0.2) is 59.4 Å². The normalized spacial score (nSPS) is 17.5. The van der Waals surface area contributed by atoms with Gasteiger partial charge in [-0.2, -0.15) is 0 Å². The standard InChI is InChI=1S/C17H25FN4O2/c1-12(15(23)20-14-6-4-5-13(18)11-14)21-7-9-22(10-8-21)16(24)17(2,3)19/h4-6,11-12H,7-10,19H2,1-3H3,(H,20,23). The van der Waals surface area contributed by atoms with E-state index in [9.17, 15) is 14.0 Å². The van der Waals surface area contributed by atoms with Crippen LogP contribution in [0.25, 0.3) is 0 Å². The largest absolute Gasteiger partial charge is 0.339 e. The summed E-state index contributed by atoms with van der Waals surface area (Å²) in [5, 5.41) is 2.72. The second-order valence-electron chi connectivity index (χ2n) is 6.73. The van der Waals surface area contributed by atoms with Crippen molar-refractivity contribution < 1.29 is 14.0 Å². The van der Waals surface area contributed by atoms with Crippen molar-refractivity contribution in [3.63, 3.8) is 0 Å². The fraction of sp³-hybridized carbons (Fsp3) is 0.529. The van der Waals surface area contributed by atoms with Crippen molar-refractivity contribution in [2.24, 2.45) is 5.73 Å². The predicted octanol–water partition coefficient (Wildman–Crippen LogP) is 1.03. The lowest BCUT2D eigenvalue weighted by Gasteiger charge is -2.39. The zero-order valence-corrected chi connectivity index (χ0v) is 14.4. The van der Waals surface area contributed by atoms with Crippen molar-refractivity contribution >= 4 is 17.5 Å². The van der Waals surface area contributed by atoms with E-state index >= 15 is 0 Å². The molecule has 132 valence electrons. The molecular weight excluding hydrogens is 311 g/mol. The topological polar surface area (TPSA) is 78.7 Å². The molecule has 0 aliphatic carbocycles. The van der Waals surface area contributed by atoms with Crippen molar-refractivity contribution in [2.75, 3.05) is 31.5 Å². The lowest BCUT2D eigenvalue weighted by Crippen LogP contribution is -2.59. The summed E-state index contributed by atoms with van der Waals surface area (Å²) in [6, 6.07) is 5.44. The predicted molar refractivity (Wildman–Crippen MR) is 90.9 cm³/mol. The summed E-state index contributed by atoms with van der Waals surface area (Å²) < 4.78 is 13.2. The van der Waals surface area contributed by atoms with E-state index in [-0.39, 0.29) is 17.9 Å². The number of nitrogens with two attached hydrogens (primary N) is 1. The molecule has 0 radical (unpaired) electrons. The van der Waals surface area contributed by atoms with E-state index in [2.05, 4.69) is 5.32 Å². The minimum atomic E-state index is -0.886. The Morgan fingerprint density at radius 3 is 2.42 bits per heavy atom. The highest BCUT2D eigenvalue weighted by Crippen LogP contribution is 2.14. The highest BCUT2D eigenvalue weighted by atomic mass is 19.1. The average molecular weight is 336 g/mol. The van der Waals surface area contributed by atoms with Gasteiger partial charge in [-0.1, -0.05) is 6.07 Å². The van der Waals surface area contributed by atoms with Gasteiger partial charge in [0.05, 0.1) is 11.6 Å². The van der Waals surface area contributed by atoms with Gasteiger partial charge >= 0.3 is 0 Å². The van der Waals surface area contributed by atoms with E-state index < -0.39 is 11.4 Å². The highest BCUT2D eigenvalue weighted by molar-refractivity contribution is 5.94. The molecule has 0 bridgehead atoms. The lowest BCUT2D eigenvalue weighted by atomic mass is 10.0. The summed E-state index contributed by atoms with van der Waals surface area (Å²) in [5.74, 6) is -0.671. The van der Waals surface area contributed by atoms with Crippen LogP contribution in [0.5, 0.6) is 0 Å². The van der Waals surface area contributed by atoms with Crippen LogP contribution in [0.3, 0.4) is 0 Å². The maximum atomic E-state index is 13.2. The number of nitrogens with zero attached hydrogens (tertiary/aromatic N) is 2. The number of amides is 2. The smallest absolute Gasteiger partial charge is 0.242 e. The zero-order valence-electron chi connectivity index (χ0n) is 14.4. The molecule has 6 nitrogen and oxygen atoms in total. The van der Waals surface area contributed by atoms with Gasteiger partial charge in [0.1, 0.15) is 5.82 Å². The van der Waals surface area contributed by atoms with Gasteiger partial charge in [-0.15, -0.1) is 0 Å². The number of carbonyl (C=O) groups excluding carboxylic acids is 2. The van der Waals surface area contributed by atoms with Gasteiger partial charge in [-0.05, 0) is 39.0 Å². The molecule has 3 N–H and O–H groups in total. The van der Waals surface area contributed by atoms with Crippen molar-refractivity contribution in [3.8, 4) is 0 Å². The number of benzene rings is 1. The summed E-state index contributed by atoms with van der Waals surface area (Å²) in [6.07, 6.45) is 0. The van der Waals surface area contributed by atoms with Gasteiger partial charge in [0.15, 0.2) is 0 Å². The van der Waals surface area contributed by atoms with E-state index in [1.807, 2.05) is 4.90 Å². The minimum absolute atomic E-state index is 0.0842. The van der Waals surface area contributed by atoms with Crippen molar-refractivity contribution in [3.05, 3.63) is 30.1 Å². The Kier molecular flexibility index (Phi) is 5.56. The van der Waals surface area contributed by atoms with Gasteiger partial charge in [0, 0.05) is 31.9 Å². The number of nitrogens with one attached hydrogen (secondary N) is 1. The molecule has 1 heterocycles. The molecule has 2 rings (SSSR count). The van der Waals surface area contributed by atoms with Gasteiger partial charge in [-0.3, -0.25) is 14.5 Å². The summed E-state index contributed by atoms with van der Waals surface area (Å²) >= 11 is 0. The first-order valence-corrected chi connectivity index (χ1v) is 8.07. The Balaban J connectivity index is 1.89. The van der Waals surface area contributed by atoms with Crippen LogP contribution < -0.4 is 11.1 Å². The van der Waals surface area contributed by atoms with Crippen LogP contribution in [0, 0.1) is 5.82 Å². The van der Waals surface area contributed by atoms with Gasteiger partial charge in [0.2, 0.25) is 11.8 Å². The Labute approximate surface area is 141 Å². The van der Waals surface area contributed by atoms with Crippen molar-refractivity contribution in [1.29, 1.82) is 0 Å². The molecule has 1 fully saturated rings. The molecule has 7 heteroatoms. The average Bonchev–Trinajstić information content (AvgIpc) is 2.52. The van der Waals surface area contributed by atoms with Crippen molar-refractivity contribution in [1.82, 2.24) is 9.80 Å². The molecule has 24 heavy (non-hydrogen) atoms. The van der Waals surface area contributed by atoms with Crippen LogP contribution in [0.1, 0.15) is 20.8 Å². The number of hydrogen-bond donors (Lipinski definition) is 2. The molecule has 0 aromatic heterocycles. The third-order valence-corrected chi connectivity index (χ3v) is 4.17. The number of rotatable bonds is 4. The fourth-order valence-corrected chi connectivity index (χ4v) is 2.70. The van der Waals surface area contributed by atoms with E-state index in [0.29, 0.717) is 31.9 Å². The summed E-state index contributed by atoms with van der Waals surface area (Å²) in [5.41, 5.74) is 5.40. The van der Waals surface area contributed by atoms with Gasteiger partial charge in [0.25, 0.3) is 0 Å². The van der Waals surface area contributed by atoms with Gasteiger partial charge in [-0.25, -0.2) is 4.39 Å². The Hall–Kier alpha value is -1.99. The second kappa shape index (κ2) is 7.27. The van der Waals surface area contributed by atoms with Crippen molar-refractivity contribution in [2.45, 2.75) is 32.4 Å². The minimum Gasteiger partial charge on any atom is -0.339 e. The van der Waals surface area contributed by atoms with Crippen LogP contribution >= 0.6 is 0 Å². The Morgan fingerprint density at radius 2 is 1.88 bits per heavy atom.